The van der Waals surface area contributed by atoms with Gasteiger partial charge in [0.25, 0.3) is 0 Å². The maximum Gasteiger partial charge on any atom is 0.226 e. The van der Waals surface area contributed by atoms with Gasteiger partial charge in [-0.2, -0.15) is 0 Å². The van der Waals surface area contributed by atoms with Gasteiger partial charge in [-0.05, 0) is 38.2 Å². The summed E-state index contributed by atoms with van der Waals surface area (Å²) < 4.78 is 0. The lowest BCUT2D eigenvalue weighted by Crippen LogP contribution is -2.11. The number of nitrogens with zero attached hydrogens (tertiary/aromatic N) is 1. The van der Waals surface area contributed by atoms with E-state index in [4.69, 9.17) is 0 Å². The van der Waals surface area contributed by atoms with Crippen LogP contribution in [0, 0.1) is 13.8 Å². The van der Waals surface area contributed by atoms with Gasteiger partial charge in [0.2, 0.25) is 5.91 Å². The van der Waals surface area contributed by atoms with Gasteiger partial charge in [0, 0.05) is 18.2 Å². The summed E-state index contributed by atoms with van der Waals surface area (Å²) in [6.07, 6.45) is 1.25. The summed E-state index contributed by atoms with van der Waals surface area (Å²) in [5.74, 6) is 0.819. The van der Waals surface area contributed by atoms with Crippen LogP contribution in [-0.4, -0.2) is 22.4 Å². The third-order valence-corrected chi connectivity index (χ3v) is 5.47. The van der Waals surface area contributed by atoms with Crippen molar-refractivity contribution in [2.24, 2.45) is 0 Å². The van der Waals surface area contributed by atoms with Crippen molar-refractivity contribution in [3.63, 3.8) is 0 Å². The molecule has 0 aliphatic carbocycles. The number of thiazole rings is 1. The summed E-state index contributed by atoms with van der Waals surface area (Å²) in [6.45, 7) is 5.35. The molecule has 0 spiro atoms. The Kier molecular flexibility index (Phi) is 6.36. The van der Waals surface area contributed by atoms with E-state index in [1.807, 2.05) is 0 Å². The minimum atomic E-state index is -0.0571. The van der Waals surface area contributed by atoms with Crippen LogP contribution in [0.1, 0.15) is 40.7 Å². The summed E-state index contributed by atoms with van der Waals surface area (Å²) in [6, 6.07) is 8.38. The highest BCUT2D eigenvalue weighted by Crippen LogP contribution is 2.23. The molecule has 1 amide bonds. The minimum Gasteiger partial charge on any atom is -0.302 e. The summed E-state index contributed by atoms with van der Waals surface area (Å²) in [5, 5.41) is 3.27. The van der Waals surface area contributed by atoms with Crippen LogP contribution in [0.4, 0.5) is 5.13 Å². The fraction of sp³-hybridized carbons (Fsp3) is 0.353. The van der Waals surface area contributed by atoms with Crippen LogP contribution in [0.3, 0.4) is 0 Å². The molecule has 2 rings (SSSR count). The van der Waals surface area contributed by atoms with Crippen molar-refractivity contribution >= 4 is 39.9 Å². The van der Waals surface area contributed by atoms with E-state index in [1.54, 1.807) is 18.7 Å². The number of hydrogen-bond donors (Lipinski definition) is 1. The van der Waals surface area contributed by atoms with Crippen molar-refractivity contribution in [3.8, 4) is 0 Å². The van der Waals surface area contributed by atoms with Crippen LogP contribution >= 0.6 is 23.1 Å². The number of Topliss-reactive ketones (excluding diaryl/α,β-unsaturated/α-hetero) is 1. The van der Waals surface area contributed by atoms with E-state index in [1.165, 1.54) is 28.7 Å². The summed E-state index contributed by atoms with van der Waals surface area (Å²) in [5.41, 5.74) is 1.92. The zero-order valence-electron chi connectivity index (χ0n) is 13.5. The van der Waals surface area contributed by atoms with Crippen LogP contribution in [0.5, 0.6) is 0 Å². The molecule has 0 atom stereocenters. The van der Waals surface area contributed by atoms with Gasteiger partial charge in [-0.1, -0.05) is 29.0 Å². The first-order valence-electron chi connectivity index (χ1n) is 7.43. The molecule has 0 unspecified atom stereocenters. The molecule has 122 valence electrons. The van der Waals surface area contributed by atoms with Crippen molar-refractivity contribution in [1.29, 1.82) is 0 Å². The Hall–Kier alpha value is -1.66. The number of carbonyl (C=O) groups is 2. The van der Waals surface area contributed by atoms with E-state index in [2.05, 4.69) is 41.5 Å². The van der Waals surface area contributed by atoms with Gasteiger partial charge >= 0.3 is 0 Å². The molecule has 1 N–H and O–H groups in total. The standard InChI is InChI=1S/C17H20N2O2S2/c1-11-6-8-14(9-7-11)22-10-4-5-15(21)19-17-18-12(2)16(23-17)13(3)20/h6-9H,4-5,10H2,1-3H3,(H,18,19,21). The molecule has 23 heavy (non-hydrogen) atoms. The lowest BCUT2D eigenvalue weighted by molar-refractivity contribution is -0.116. The minimum absolute atomic E-state index is 0.0185. The zero-order valence-corrected chi connectivity index (χ0v) is 15.1. The molecule has 6 heteroatoms. The maximum absolute atomic E-state index is 11.9. The monoisotopic (exact) mass is 348 g/mol. The first-order valence-corrected chi connectivity index (χ1v) is 9.23. The molecule has 2 aromatic rings. The van der Waals surface area contributed by atoms with Gasteiger partial charge in [-0.25, -0.2) is 4.98 Å². The van der Waals surface area contributed by atoms with Crippen molar-refractivity contribution in [2.75, 3.05) is 11.1 Å². The second-order valence-corrected chi connectivity index (χ2v) is 7.47. The molecule has 0 aliphatic rings. The van der Waals surface area contributed by atoms with Gasteiger partial charge in [0.1, 0.15) is 0 Å². The molecule has 0 fully saturated rings. The number of ketones is 1. The lowest BCUT2D eigenvalue weighted by Gasteiger charge is -2.03. The third-order valence-electron chi connectivity index (χ3n) is 3.20. The number of hydrogen-bond acceptors (Lipinski definition) is 5. The zero-order chi connectivity index (χ0) is 16.8. The molecule has 1 aromatic heterocycles. The fourth-order valence-electron chi connectivity index (χ4n) is 2.02. The quantitative estimate of drug-likeness (QED) is 0.455. The Bertz CT molecular complexity index is 693. The van der Waals surface area contributed by atoms with Crippen molar-refractivity contribution < 1.29 is 9.59 Å². The lowest BCUT2D eigenvalue weighted by atomic mass is 10.2. The first kappa shape index (κ1) is 17.7. The van der Waals surface area contributed by atoms with Crippen molar-refractivity contribution in [1.82, 2.24) is 4.98 Å². The number of rotatable bonds is 7. The van der Waals surface area contributed by atoms with Crippen LogP contribution in [0.2, 0.25) is 0 Å². The molecular weight excluding hydrogens is 328 g/mol. The second-order valence-electron chi connectivity index (χ2n) is 5.30. The van der Waals surface area contributed by atoms with E-state index in [0.29, 0.717) is 22.1 Å². The molecule has 0 saturated carbocycles. The Morgan fingerprint density at radius 3 is 2.52 bits per heavy atom. The SMILES string of the molecule is CC(=O)c1sc(NC(=O)CCCSc2ccc(C)cc2)nc1C. The highest BCUT2D eigenvalue weighted by molar-refractivity contribution is 7.99. The van der Waals surface area contributed by atoms with E-state index in [-0.39, 0.29) is 11.7 Å². The molecule has 1 aromatic carbocycles. The molecule has 0 aliphatic heterocycles. The Morgan fingerprint density at radius 1 is 1.22 bits per heavy atom. The normalized spacial score (nSPS) is 10.6. The fourth-order valence-corrected chi connectivity index (χ4v) is 3.75. The summed E-state index contributed by atoms with van der Waals surface area (Å²) in [7, 11) is 0. The largest absolute Gasteiger partial charge is 0.302 e. The molecule has 1 heterocycles. The molecule has 0 saturated heterocycles. The summed E-state index contributed by atoms with van der Waals surface area (Å²) >= 11 is 2.99. The van der Waals surface area contributed by atoms with Gasteiger partial charge in [0.05, 0.1) is 10.6 Å². The van der Waals surface area contributed by atoms with Crippen LogP contribution in [0.15, 0.2) is 29.2 Å². The number of aromatic nitrogens is 1. The first-order chi connectivity index (χ1) is 11.0. The number of benzene rings is 1. The van der Waals surface area contributed by atoms with Gasteiger partial charge in [-0.3, -0.25) is 9.59 Å². The van der Waals surface area contributed by atoms with E-state index in [9.17, 15) is 9.59 Å². The van der Waals surface area contributed by atoms with Crippen LogP contribution < -0.4 is 5.32 Å². The number of aryl methyl sites for hydroxylation is 2. The number of nitrogens with one attached hydrogen (secondary N) is 1. The maximum atomic E-state index is 11.9. The van der Waals surface area contributed by atoms with Gasteiger partial charge < -0.3 is 5.32 Å². The third kappa shape index (κ3) is 5.48. The predicted octanol–water partition coefficient (Wildman–Crippen LogP) is 4.47. The van der Waals surface area contributed by atoms with E-state index in [0.717, 1.165) is 12.2 Å². The predicted molar refractivity (Wildman–Crippen MR) is 96.6 cm³/mol. The van der Waals surface area contributed by atoms with Crippen molar-refractivity contribution in [2.45, 2.75) is 38.5 Å². The van der Waals surface area contributed by atoms with Gasteiger partial charge in [-0.15, -0.1) is 11.8 Å². The second kappa shape index (κ2) is 8.26. The van der Waals surface area contributed by atoms with Crippen LogP contribution in [0.25, 0.3) is 0 Å². The number of carbonyl (C=O) groups excluding carboxylic acids is 2. The Labute approximate surface area is 144 Å². The number of anilines is 1. The number of thioether (sulfide) groups is 1. The number of amides is 1. The topological polar surface area (TPSA) is 59.1 Å². The average molecular weight is 348 g/mol. The highest BCUT2D eigenvalue weighted by atomic mass is 32.2. The highest BCUT2D eigenvalue weighted by Gasteiger charge is 2.13. The van der Waals surface area contributed by atoms with E-state index >= 15 is 0 Å². The van der Waals surface area contributed by atoms with E-state index < -0.39 is 0 Å². The Balaban J connectivity index is 1.74. The van der Waals surface area contributed by atoms with Crippen LogP contribution in [-0.2, 0) is 4.79 Å². The molecule has 0 bridgehead atoms. The average Bonchev–Trinajstić information content (AvgIpc) is 2.86. The Morgan fingerprint density at radius 2 is 1.91 bits per heavy atom. The summed E-state index contributed by atoms with van der Waals surface area (Å²) in [4.78, 5) is 29.4. The van der Waals surface area contributed by atoms with Gasteiger partial charge in [0.15, 0.2) is 10.9 Å². The van der Waals surface area contributed by atoms with Crippen molar-refractivity contribution in [3.05, 3.63) is 40.4 Å². The smallest absolute Gasteiger partial charge is 0.226 e. The molecule has 4 nitrogen and oxygen atoms in total. The molecule has 0 radical (unpaired) electrons. The molecular formula is C17H20N2O2S2.